The van der Waals surface area contributed by atoms with E-state index in [1.54, 1.807) is 20.8 Å². The van der Waals surface area contributed by atoms with Crippen LogP contribution >= 0.6 is 11.5 Å². The molecule has 0 aromatic carbocycles. The number of anilines is 1. The quantitative estimate of drug-likeness (QED) is 0.836. The minimum atomic E-state index is -3.73. The molecule has 1 aromatic rings. The summed E-state index contributed by atoms with van der Waals surface area (Å²) in [6.45, 7) is 5.01. The van der Waals surface area contributed by atoms with Crippen LogP contribution in [-0.4, -0.2) is 43.8 Å². The number of ether oxygens (including phenoxy) is 2. The first-order valence-electron chi connectivity index (χ1n) is 5.73. The lowest BCUT2D eigenvalue weighted by Gasteiger charge is -2.19. The number of carbonyl (C=O) groups excluding carboxylic acids is 2. The number of aromatic nitrogens is 1. The molecule has 0 saturated heterocycles. The number of esters is 1. The fourth-order valence-corrected chi connectivity index (χ4v) is 3.23. The Morgan fingerprint density at radius 2 is 1.86 bits per heavy atom. The normalized spacial score (nSPS) is 11.9. The van der Waals surface area contributed by atoms with Crippen molar-refractivity contribution in [1.29, 1.82) is 0 Å². The molecule has 0 aliphatic carbocycles. The molecular formula is C11H16N2O6S2. The maximum atomic E-state index is 11.7. The zero-order chi connectivity index (χ0) is 16.4. The van der Waals surface area contributed by atoms with Gasteiger partial charge in [0, 0.05) is 6.26 Å². The molecule has 1 rings (SSSR count). The molecule has 0 fully saturated rings. The number of carbonyl (C=O) groups is 2. The highest BCUT2D eigenvalue weighted by molar-refractivity contribution is 7.90. The van der Waals surface area contributed by atoms with Gasteiger partial charge in [0.05, 0.1) is 7.11 Å². The second kappa shape index (κ2) is 5.98. The molecule has 0 spiro atoms. The number of sulfone groups is 1. The number of methoxy groups -OCH3 is 1. The number of hydrogen-bond acceptors (Lipinski definition) is 8. The lowest BCUT2D eigenvalue weighted by Crippen LogP contribution is -2.27. The second-order valence-corrected chi connectivity index (χ2v) is 7.79. The average molecular weight is 336 g/mol. The first-order chi connectivity index (χ1) is 9.45. The summed E-state index contributed by atoms with van der Waals surface area (Å²) in [6, 6.07) is 0. The van der Waals surface area contributed by atoms with Crippen LogP contribution in [0.3, 0.4) is 0 Å². The Morgan fingerprint density at radius 1 is 1.29 bits per heavy atom. The summed E-state index contributed by atoms with van der Waals surface area (Å²) in [4.78, 5) is 23.4. The fourth-order valence-electron chi connectivity index (χ4n) is 1.29. The Morgan fingerprint density at radius 3 is 2.29 bits per heavy atom. The van der Waals surface area contributed by atoms with E-state index < -0.39 is 32.5 Å². The monoisotopic (exact) mass is 336 g/mol. The van der Waals surface area contributed by atoms with Gasteiger partial charge in [-0.1, -0.05) is 0 Å². The number of amides is 1. The maximum Gasteiger partial charge on any atom is 0.412 e. The molecule has 1 amide bonds. The topological polar surface area (TPSA) is 112 Å². The summed E-state index contributed by atoms with van der Waals surface area (Å²) in [5.41, 5.74) is -1.05. The van der Waals surface area contributed by atoms with Gasteiger partial charge in [0.15, 0.2) is 14.9 Å². The van der Waals surface area contributed by atoms with E-state index in [0.29, 0.717) is 11.5 Å². The molecule has 21 heavy (non-hydrogen) atoms. The van der Waals surface area contributed by atoms with Crippen molar-refractivity contribution in [1.82, 2.24) is 4.37 Å². The third-order valence-corrected chi connectivity index (χ3v) is 3.89. The minimum Gasteiger partial charge on any atom is -0.465 e. The molecule has 10 heteroatoms. The molecule has 118 valence electrons. The van der Waals surface area contributed by atoms with Crippen molar-refractivity contribution in [3.05, 3.63) is 5.56 Å². The number of nitrogens with zero attached hydrogens (tertiary/aromatic N) is 1. The zero-order valence-corrected chi connectivity index (χ0v) is 13.8. The highest BCUT2D eigenvalue weighted by Gasteiger charge is 2.29. The standard InChI is InChI=1S/C11H16N2O6S2/c1-11(2,3)19-10(15)12-7-6(9(14)18-4)8(13-20-7)21(5,16)17/h1-5H3,(H,12,15). The van der Waals surface area contributed by atoms with Crippen molar-refractivity contribution in [2.75, 3.05) is 18.7 Å². The molecule has 0 radical (unpaired) electrons. The summed E-state index contributed by atoms with van der Waals surface area (Å²) in [6.07, 6.45) is 0.0857. The van der Waals surface area contributed by atoms with Crippen molar-refractivity contribution in [2.24, 2.45) is 0 Å². The van der Waals surface area contributed by atoms with Crippen LogP contribution in [0.2, 0.25) is 0 Å². The van der Waals surface area contributed by atoms with E-state index in [0.717, 1.165) is 13.4 Å². The second-order valence-electron chi connectivity index (χ2n) is 5.08. The van der Waals surface area contributed by atoms with Crippen LogP contribution in [0.5, 0.6) is 0 Å². The Labute approximate surface area is 126 Å². The lowest BCUT2D eigenvalue weighted by molar-refractivity contribution is 0.0597. The molecule has 0 bridgehead atoms. The lowest BCUT2D eigenvalue weighted by atomic mass is 10.2. The van der Waals surface area contributed by atoms with Crippen LogP contribution in [0, 0.1) is 0 Å². The number of nitrogens with one attached hydrogen (secondary N) is 1. The molecule has 1 aromatic heterocycles. The highest BCUT2D eigenvalue weighted by Crippen LogP contribution is 2.29. The van der Waals surface area contributed by atoms with Gasteiger partial charge in [-0.3, -0.25) is 5.32 Å². The van der Waals surface area contributed by atoms with Gasteiger partial charge in [0.25, 0.3) is 0 Å². The van der Waals surface area contributed by atoms with Crippen LogP contribution in [0.25, 0.3) is 0 Å². The van der Waals surface area contributed by atoms with E-state index >= 15 is 0 Å². The Bertz CT molecular complexity index is 657. The molecule has 0 aliphatic rings. The van der Waals surface area contributed by atoms with Gasteiger partial charge < -0.3 is 9.47 Å². The minimum absolute atomic E-state index is 0.0449. The smallest absolute Gasteiger partial charge is 0.412 e. The summed E-state index contributed by atoms with van der Waals surface area (Å²) in [7, 11) is -2.63. The van der Waals surface area contributed by atoms with Gasteiger partial charge in [-0.2, -0.15) is 4.37 Å². The molecule has 0 aliphatic heterocycles. The molecular weight excluding hydrogens is 320 g/mol. The van der Waals surface area contributed by atoms with E-state index in [2.05, 4.69) is 14.4 Å². The average Bonchev–Trinajstić information content (AvgIpc) is 2.68. The maximum absolute atomic E-state index is 11.7. The van der Waals surface area contributed by atoms with Gasteiger partial charge in [0.1, 0.15) is 16.2 Å². The van der Waals surface area contributed by atoms with E-state index in [1.165, 1.54) is 0 Å². The molecule has 0 unspecified atom stereocenters. The first-order valence-corrected chi connectivity index (χ1v) is 8.40. The molecule has 0 saturated carbocycles. The van der Waals surface area contributed by atoms with Crippen LogP contribution in [0.1, 0.15) is 31.1 Å². The van der Waals surface area contributed by atoms with Gasteiger partial charge in [-0.05, 0) is 32.3 Å². The highest BCUT2D eigenvalue weighted by atomic mass is 32.2. The first kappa shape index (κ1) is 17.4. The predicted octanol–water partition coefficient (Wildman–Crippen LogP) is 1.68. The third-order valence-electron chi connectivity index (χ3n) is 2.02. The Kier molecular flexibility index (Phi) is 4.95. The third kappa shape index (κ3) is 4.67. The van der Waals surface area contributed by atoms with Gasteiger partial charge >= 0.3 is 12.1 Å². The zero-order valence-electron chi connectivity index (χ0n) is 12.2. The number of rotatable bonds is 3. The summed E-state index contributed by atoms with van der Waals surface area (Å²) >= 11 is 0.659. The van der Waals surface area contributed by atoms with Crippen molar-refractivity contribution in [3.63, 3.8) is 0 Å². The Hall–Kier alpha value is -1.68. The van der Waals surface area contributed by atoms with Crippen LogP contribution in [0.15, 0.2) is 5.03 Å². The largest absolute Gasteiger partial charge is 0.465 e. The summed E-state index contributed by atoms with van der Waals surface area (Å²) in [5, 5.41) is 1.82. The number of hydrogen-bond donors (Lipinski definition) is 1. The van der Waals surface area contributed by atoms with Crippen molar-refractivity contribution in [3.8, 4) is 0 Å². The fraction of sp³-hybridized carbons (Fsp3) is 0.545. The summed E-state index contributed by atoms with van der Waals surface area (Å²) < 4.78 is 36.4. The predicted molar refractivity (Wildman–Crippen MR) is 76.4 cm³/mol. The van der Waals surface area contributed by atoms with Crippen molar-refractivity contribution in [2.45, 2.75) is 31.4 Å². The van der Waals surface area contributed by atoms with Crippen LogP contribution in [-0.2, 0) is 19.3 Å². The molecule has 1 N–H and O–H groups in total. The molecule has 1 heterocycles. The van der Waals surface area contributed by atoms with E-state index in [9.17, 15) is 18.0 Å². The van der Waals surface area contributed by atoms with Crippen molar-refractivity contribution < 1.29 is 27.5 Å². The SMILES string of the molecule is COC(=O)c1c(S(C)(=O)=O)nsc1NC(=O)OC(C)(C)C. The van der Waals surface area contributed by atoms with Crippen molar-refractivity contribution >= 4 is 38.4 Å². The van der Waals surface area contributed by atoms with Gasteiger partial charge in [0.2, 0.25) is 0 Å². The van der Waals surface area contributed by atoms with Crippen LogP contribution in [0.4, 0.5) is 9.80 Å². The van der Waals surface area contributed by atoms with Gasteiger partial charge in [-0.25, -0.2) is 18.0 Å². The summed E-state index contributed by atoms with van der Waals surface area (Å²) in [5.74, 6) is -0.907. The van der Waals surface area contributed by atoms with Gasteiger partial charge in [-0.15, -0.1) is 0 Å². The van der Waals surface area contributed by atoms with Crippen LogP contribution < -0.4 is 5.32 Å². The molecule has 0 atom stereocenters. The Balaban J connectivity index is 3.17. The van der Waals surface area contributed by atoms with E-state index in [4.69, 9.17) is 4.74 Å². The van der Waals surface area contributed by atoms with E-state index in [-0.39, 0.29) is 10.6 Å². The molecule has 8 nitrogen and oxygen atoms in total. The van der Waals surface area contributed by atoms with E-state index in [1.807, 2.05) is 0 Å².